The quantitative estimate of drug-likeness (QED) is 0.704. The van der Waals surface area contributed by atoms with Crippen molar-refractivity contribution in [2.45, 2.75) is 12.6 Å². The second-order valence-electron chi connectivity index (χ2n) is 5.73. The van der Waals surface area contributed by atoms with Gasteiger partial charge in [-0.25, -0.2) is 19.3 Å². The zero-order chi connectivity index (χ0) is 16.5. The van der Waals surface area contributed by atoms with Crippen molar-refractivity contribution in [3.63, 3.8) is 0 Å². The van der Waals surface area contributed by atoms with Crippen molar-refractivity contribution in [1.29, 1.82) is 0 Å². The zero-order valence-electron chi connectivity index (χ0n) is 12.6. The molecule has 24 heavy (non-hydrogen) atoms. The van der Waals surface area contributed by atoms with Crippen LogP contribution in [0.5, 0.6) is 5.75 Å². The lowest BCUT2D eigenvalue weighted by Gasteiger charge is -2.10. The second kappa shape index (κ2) is 6.20. The van der Waals surface area contributed by atoms with Crippen LogP contribution in [0.3, 0.4) is 0 Å². The molecule has 1 aliphatic rings. The summed E-state index contributed by atoms with van der Waals surface area (Å²) in [6, 6.07) is 7.62. The van der Waals surface area contributed by atoms with Gasteiger partial charge in [0.2, 0.25) is 5.28 Å². The Bertz CT molecular complexity index is 874. The topological polar surface area (TPSA) is 59.9 Å². The van der Waals surface area contributed by atoms with Crippen molar-refractivity contribution in [2.24, 2.45) is 5.92 Å². The van der Waals surface area contributed by atoms with Crippen molar-refractivity contribution in [1.82, 2.24) is 15.0 Å². The maximum absolute atomic E-state index is 12.9. The first-order chi connectivity index (χ1) is 11.7. The van der Waals surface area contributed by atoms with E-state index in [9.17, 15) is 4.39 Å². The number of alkyl halides is 1. The van der Waals surface area contributed by atoms with Crippen LogP contribution < -0.4 is 10.1 Å². The fourth-order valence-corrected chi connectivity index (χ4v) is 2.54. The number of halogens is 2. The Hall–Kier alpha value is -2.47. The number of benzene rings is 1. The van der Waals surface area contributed by atoms with Crippen LogP contribution in [-0.4, -0.2) is 27.7 Å². The first kappa shape index (κ1) is 15.1. The molecular weight excluding hydrogens is 331 g/mol. The number of anilines is 2. The highest BCUT2D eigenvalue weighted by atomic mass is 35.5. The summed E-state index contributed by atoms with van der Waals surface area (Å²) < 4.78 is 18.6. The van der Waals surface area contributed by atoms with Gasteiger partial charge in [0.25, 0.3) is 0 Å². The van der Waals surface area contributed by atoms with Crippen LogP contribution in [0.4, 0.5) is 15.9 Å². The van der Waals surface area contributed by atoms with Crippen molar-refractivity contribution < 1.29 is 9.13 Å². The molecule has 2 aromatic heterocycles. The minimum absolute atomic E-state index is 0.0419. The van der Waals surface area contributed by atoms with E-state index in [1.54, 1.807) is 18.6 Å². The minimum atomic E-state index is -0.702. The third-order valence-corrected chi connectivity index (χ3v) is 4.11. The van der Waals surface area contributed by atoms with Gasteiger partial charge >= 0.3 is 0 Å². The molecule has 0 amide bonds. The Balaban J connectivity index is 1.56. The molecule has 1 aromatic carbocycles. The van der Waals surface area contributed by atoms with E-state index >= 15 is 0 Å². The highest BCUT2D eigenvalue weighted by molar-refractivity contribution is 6.28. The number of ether oxygens (including phenoxy) is 1. The number of pyridine rings is 1. The molecule has 2 unspecified atom stereocenters. The highest BCUT2D eigenvalue weighted by Gasteiger charge is 2.37. The first-order valence-corrected chi connectivity index (χ1v) is 7.97. The van der Waals surface area contributed by atoms with Crippen LogP contribution in [0.15, 0.2) is 42.9 Å². The van der Waals surface area contributed by atoms with Crippen LogP contribution in [0.25, 0.3) is 10.8 Å². The molecule has 1 N–H and O–H groups in total. The van der Waals surface area contributed by atoms with Crippen molar-refractivity contribution >= 4 is 33.9 Å². The number of hydrogen-bond acceptors (Lipinski definition) is 5. The fraction of sp³-hybridized carbons (Fsp3) is 0.235. The monoisotopic (exact) mass is 344 g/mol. The lowest BCUT2D eigenvalue weighted by Crippen LogP contribution is -2.01. The lowest BCUT2D eigenvalue weighted by atomic mass is 10.1. The van der Waals surface area contributed by atoms with Gasteiger partial charge in [0, 0.05) is 17.5 Å². The van der Waals surface area contributed by atoms with E-state index in [4.69, 9.17) is 16.3 Å². The average molecular weight is 345 g/mol. The molecule has 1 saturated carbocycles. The molecular formula is C17H14ClFN4O. The lowest BCUT2D eigenvalue weighted by molar-refractivity contribution is 0.279. The van der Waals surface area contributed by atoms with Gasteiger partial charge in [-0.05, 0) is 47.7 Å². The van der Waals surface area contributed by atoms with Gasteiger partial charge in [-0.15, -0.1) is 0 Å². The largest absolute Gasteiger partial charge is 0.493 e. The van der Waals surface area contributed by atoms with E-state index in [1.807, 2.05) is 24.3 Å². The average Bonchev–Trinajstić information content (AvgIpc) is 3.30. The van der Waals surface area contributed by atoms with E-state index in [0.717, 1.165) is 16.5 Å². The van der Waals surface area contributed by atoms with Crippen LogP contribution in [0.1, 0.15) is 6.42 Å². The SMILES string of the molecule is FC1CC1COc1ccc2c(Nc3cnc(Cl)nc3)nccc2c1. The van der Waals surface area contributed by atoms with E-state index in [1.165, 1.54) is 0 Å². The van der Waals surface area contributed by atoms with Crippen molar-refractivity contribution in [3.05, 3.63) is 48.1 Å². The smallest absolute Gasteiger partial charge is 0.222 e. The molecule has 0 spiro atoms. The maximum atomic E-state index is 12.9. The van der Waals surface area contributed by atoms with Crippen LogP contribution >= 0.6 is 11.6 Å². The van der Waals surface area contributed by atoms with Crippen LogP contribution in [-0.2, 0) is 0 Å². The normalized spacial score (nSPS) is 19.2. The summed E-state index contributed by atoms with van der Waals surface area (Å²) in [5, 5.41) is 5.29. The summed E-state index contributed by atoms with van der Waals surface area (Å²) in [5.41, 5.74) is 0.697. The summed E-state index contributed by atoms with van der Waals surface area (Å²) in [4.78, 5) is 12.2. The highest BCUT2D eigenvalue weighted by Crippen LogP contribution is 2.34. The number of hydrogen-bond donors (Lipinski definition) is 1. The fourth-order valence-electron chi connectivity index (χ4n) is 2.45. The van der Waals surface area contributed by atoms with E-state index < -0.39 is 6.17 Å². The molecule has 0 radical (unpaired) electrons. The summed E-state index contributed by atoms with van der Waals surface area (Å²) >= 11 is 5.69. The number of fused-ring (bicyclic) bond motifs is 1. The van der Waals surface area contributed by atoms with Gasteiger partial charge in [0.1, 0.15) is 17.7 Å². The van der Waals surface area contributed by atoms with Gasteiger partial charge < -0.3 is 10.1 Å². The second-order valence-corrected chi connectivity index (χ2v) is 6.07. The van der Waals surface area contributed by atoms with E-state index in [2.05, 4.69) is 20.3 Å². The minimum Gasteiger partial charge on any atom is -0.493 e. The molecule has 0 aliphatic heterocycles. The Morgan fingerprint density at radius 1 is 1.21 bits per heavy atom. The predicted octanol–water partition coefficient (Wildman–Crippen LogP) is 4.16. The van der Waals surface area contributed by atoms with Gasteiger partial charge in [-0.1, -0.05) is 0 Å². The maximum Gasteiger partial charge on any atom is 0.222 e. The molecule has 2 atom stereocenters. The Labute approximate surface area is 142 Å². The molecule has 0 saturated heterocycles. The van der Waals surface area contributed by atoms with Crippen molar-refractivity contribution in [2.75, 3.05) is 11.9 Å². The third kappa shape index (κ3) is 3.23. The first-order valence-electron chi connectivity index (χ1n) is 7.59. The molecule has 122 valence electrons. The molecule has 4 rings (SSSR count). The third-order valence-electron chi connectivity index (χ3n) is 3.92. The van der Waals surface area contributed by atoms with Gasteiger partial charge in [0.15, 0.2) is 0 Å². The molecule has 7 heteroatoms. The number of rotatable bonds is 5. The van der Waals surface area contributed by atoms with Gasteiger partial charge in [0.05, 0.1) is 24.7 Å². The summed E-state index contributed by atoms with van der Waals surface area (Å²) in [5.74, 6) is 1.46. The van der Waals surface area contributed by atoms with Gasteiger partial charge in [-0.2, -0.15) is 0 Å². The Morgan fingerprint density at radius 3 is 2.75 bits per heavy atom. The summed E-state index contributed by atoms with van der Waals surface area (Å²) in [6.45, 7) is 0.422. The van der Waals surface area contributed by atoms with E-state index in [-0.39, 0.29) is 11.2 Å². The standard InChI is InChI=1S/C17H14ClFN4O/c18-17-21-7-12(8-22-17)23-16-14-2-1-13(5-10(14)3-4-20-16)24-9-11-6-15(11)19/h1-5,7-8,11,15H,6,9H2,(H,20,23). The molecule has 3 aromatic rings. The van der Waals surface area contributed by atoms with Gasteiger partial charge in [-0.3, -0.25) is 0 Å². The number of aromatic nitrogens is 3. The molecule has 1 aliphatic carbocycles. The molecule has 0 bridgehead atoms. The molecule has 2 heterocycles. The van der Waals surface area contributed by atoms with E-state index in [0.29, 0.717) is 24.5 Å². The Kier molecular flexibility index (Phi) is 3.90. The van der Waals surface area contributed by atoms with Crippen LogP contribution in [0, 0.1) is 5.92 Å². The van der Waals surface area contributed by atoms with Crippen molar-refractivity contribution in [3.8, 4) is 5.75 Å². The molecule has 5 nitrogen and oxygen atoms in total. The molecule has 1 fully saturated rings. The number of nitrogens with zero attached hydrogens (tertiary/aromatic N) is 3. The zero-order valence-corrected chi connectivity index (χ0v) is 13.4. The Morgan fingerprint density at radius 2 is 2.00 bits per heavy atom. The van der Waals surface area contributed by atoms with Crippen LogP contribution in [0.2, 0.25) is 5.28 Å². The predicted molar refractivity (Wildman–Crippen MR) is 90.6 cm³/mol. The summed E-state index contributed by atoms with van der Waals surface area (Å²) in [6.07, 6.45) is 4.80. The number of nitrogens with one attached hydrogen (secondary N) is 1. The summed E-state index contributed by atoms with van der Waals surface area (Å²) in [7, 11) is 0.